The molecule has 0 spiro atoms. The summed E-state index contributed by atoms with van der Waals surface area (Å²) in [5.41, 5.74) is 8.11. The molecule has 0 saturated carbocycles. The van der Waals surface area contributed by atoms with Crippen LogP contribution < -0.4 is 10.5 Å². The van der Waals surface area contributed by atoms with Crippen molar-refractivity contribution in [3.63, 3.8) is 0 Å². The van der Waals surface area contributed by atoms with E-state index in [-0.39, 0.29) is 11.5 Å². The molecule has 0 aliphatic rings. The molecule has 0 atom stereocenters. The maximum Gasteiger partial charge on any atom is 0.262 e. The Balaban J connectivity index is 2.26. The van der Waals surface area contributed by atoms with Crippen LogP contribution in [-0.4, -0.2) is 20.1 Å². The number of nitrogen functional groups attached to an aromatic ring is 1. The van der Waals surface area contributed by atoms with Gasteiger partial charge in [0.15, 0.2) is 0 Å². The van der Waals surface area contributed by atoms with Crippen LogP contribution in [0.25, 0.3) is 0 Å². The third-order valence-corrected chi connectivity index (χ3v) is 4.63. The second-order valence-electron chi connectivity index (χ2n) is 4.80. The highest BCUT2D eigenvalue weighted by atomic mass is 32.2. The van der Waals surface area contributed by atoms with Gasteiger partial charge in [0.1, 0.15) is 0 Å². The topological polar surface area (TPSA) is 92.4 Å². The first-order valence-electron chi connectivity index (χ1n) is 6.51. The van der Waals surface area contributed by atoms with E-state index in [1.165, 1.54) is 6.07 Å². The van der Waals surface area contributed by atoms with Crippen LogP contribution in [0, 0.1) is 6.92 Å². The van der Waals surface area contributed by atoms with Gasteiger partial charge in [-0.05, 0) is 48.7 Å². The smallest absolute Gasteiger partial charge is 0.262 e. The highest BCUT2D eigenvalue weighted by Crippen LogP contribution is 2.21. The molecule has 0 fully saturated rings. The number of aliphatic hydroxyl groups is 1. The molecule has 2 rings (SSSR count). The van der Waals surface area contributed by atoms with Gasteiger partial charge in [0.2, 0.25) is 0 Å². The summed E-state index contributed by atoms with van der Waals surface area (Å²) in [5.74, 6) is 0. The molecule has 6 heteroatoms. The van der Waals surface area contributed by atoms with E-state index >= 15 is 0 Å². The molecule has 112 valence electrons. The maximum atomic E-state index is 12.4. The van der Waals surface area contributed by atoms with Crippen molar-refractivity contribution in [2.45, 2.75) is 18.2 Å². The highest BCUT2D eigenvalue weighted by molar-refractivity contribution is 7.92. The lowest BCUT2D eigenvalue weighted by molar-refractivity contribution is 0.299. The Hall–Kier alpha value is -2.05. The number of benzene rings is 2. The van der Waals surface area contributed by atoms with Crippen molar-refractivity contribution in [3.8, 4) is 0 Å². The molecule has 0 unspecified atom stereocenters. The second-order valence-corrected chi connectivity index (χ2v) is 6.45. The molecule has 2 aromatic carbocycles. The fourth-order valence-corrected chi connectivity index (χ4v) is 3.32. The molecule has 0 aliphatic carbocycles. The van der Waals surface area contributed by atoms with Crippen molar-refractivity contribution in [3.05, 3.63) is 53.6 Å². The number of sulfonamides is 1. The molecule has 0 amide bonds. The molecule has 0 aliphatic heterocycles. The Morgan fingerprint density at radius 1 is 1.14 bits per heavy atom. The van der Waals surface area contributed by atoms with E-state index in [9.17, 15) is 8.42 Å². The van der Waals surface area contributed by atoms with Gasteiger partial charge in [-0.1, -0.05) is 18.2 Å². The SMILES string of the molecule is Cc1ccc(N)cc1S(=O)(=O)Nc1ccc(CCO)cc1. The maximum absolute atomic E-state index is 12.4. The minimum absolute atomic E-state index is 0.0631. The molecule has 0 heterocycles. The average Bonchev–Trinajstić information content (AvgIpc) is 2.43. The van der Waals surface area contributed by atoms with Crippen molar-refractivity contribution in [2.75, 3.05) is 17.1 Å². The molecule has 0 radical (unpaired) electrons. The zero-order chi connectivity index (χ0) is 15.5. The monoisotopic (exact) mass is 306 g/mol. The van der Waals surface area contributed by atoms with Gasteiger partial charge in [0.25, 0.3) is 10.0 Å². The Morgan fingerprint density at radius 3 is 2.43 bits per heavy atom. The third kappa shape index (κ3) is 3.74. The van der Waals surface area contributed by atoms with Crippen LogP contribution in [-0.2, 0) is 16.4 Å². The van der Waals surface area contributed by atoms with E-state index < -0.39 is 10.0 Å². The Morgan fingerprint density at radius 2 is 1.81 bits per heavy atom. The quantitative estimate of drug-likeness (QED) is 0.736. The summed E-state index contributed by atoms with van der Waals surface area (Å²) in [7, 11) is -3.67. The molecule has 5 nitrogen and oxygen atoms in total. The van der Waals surface area contributed by atoms with Crippen LogP contribution in [0.4, 0.5) is 11.4 Å². The summed E-state index contributed by atoms with van der Waals surface area (Å²) in [6, 6.07) is 11.7. The van der Waals surface area contributed by atoms with Gasteiger partial charge in [-0.3, -0.25) is 4.72 Å². The van der Waals surface area contributed by atoms with Crippen LogP contribution in [0.1, 0.15) is 11.1 Å². The van der Waals surface area contributed by atoms with Gasteiger partial charge >= 0.3 is 0 Å². The largest absolute Gasteiger partial charge is 0.399 e. The molecule has 2 aromatic rings. The molecule has 21 heavy (non-hydrogen) atoms. The lowest BCUT2D eigenvalue weighted by atomic mass is 10.1. The Bertz CT molecular complexity index is 725. The van der Waals surface area contributed by atoms with E-state index in [0.717, 1.165) is 5.56 Å². The van der Waals surface area contributed by atoms with Gasteiger partial charge in [0.05, 0.1) is 4.90 Å². The van der Waals surface area contributed by atoms with Crippen molar-refractivity contribution in [1.82, 2.24) is 0 Å². The average molecular weight is 306 g/mol. The number of rotatable bonds is 5. The van der Waals surface area contributed by atoms with Gasteiger partial charge in [-0.2, -0.15) is 0 Å². The van der Waals surface area contributed by atoms with Crippen molar-refractivity contribution in [2.24, 2.45) is 0 Å². The summed E-state index contributed by atoms with van der Waals surface area (Å²) in [6.45, 7) is 1.78. The van der Waals surface area contributed by atoms with Crippen LogP contribution in [0.3, 0.4) is 0 Å². The first-order chi connectivity index (χ1) is 9.92. The van der Waals surface area contributed by atoms with Crippen molar-refractivity contribution < 1.29 is 13.5 Å². The summed E-state index contributed by atoms with van der Waals surface area (Å²) in [5, 5.41) is 8.86. The highest BCUT2D eigenvalue weighted by Gasteiger charge is 2.17. The third-order valence-electron chi connectivity index (χ3n) is 3.11. The van der Waals surface area contributed by atoms with Crippen LogP contribution >= 0.6 is 0 Å². The summed E-state index contributed by atoms with van der Waals surface area (Å²) in [6.07, 6.45) is 0.543. The Labute approximate surface area is 124 Å². The summed E-state index contributed by atoms with van der Waals surface area (Å²) >= 11 is 0. The number of hydrogen-bond acceptors (Lipinski definition) is 4. The van der Waals surface area contributed by atoms with Crippen LogP contribution in [0.5, 0.6) is 0 Å². The van der Waals surface area contributed by atoms with E-state index in [1.807, 2.05) is 0 Å². The zero-order valence-electron chi connectivity index (χ0n) is 11.7. The van der Waals surface area contributed by atoms with Crippen LogP contribution in [0.15, 0.2) is 47.4 Å². The van der Waals surface area contributed by atoms with E-state index in [4.69, 9.17) is 10.8 Å². The minimum atomic E-state index is -3.67. The number of nitrogens with one attached hydrogen (secondary N) is 1. The van der Waals surface area contributed by atoms with E-state index in [1.54, 1.807) is 43.3 Å². The standard InChI is InChI=1S/C15H18N2O3S/c1-11-2-5-13(16)10-15(11)21(19,20)17-14-6-3-12(4-7-14)8-9-18/h2-7,10,17-18H,8-9,16H2,1H3. The second kappa shape index (κ2) is 6.15. The van der Waals surface area contributed by atoms with Crippen LogP contribution in [0.2, 0.25) is 0 Å². The Kier molecular flexibility index (Phi) is 4.50. The predicted octanol–water partition coefficient (Wildman–Crippen LogP) is 1.91. The predicted molar refractivity (Wildman–Crippen MR) is 83.6 cm³/mol. The normalized spacial score (nSPS) is 11.3. The molecular weight excluding hydrogens is 288 g/mol. The lowest BCUT2D eigenvalue weighted by Crippen LogP contribution is -2.14. The van der Waals surface area contributed by atoms with Crippen molar-refractivity contribution in [1.29, 1.82) is 0 Å². The number of nitrogens with two attached hydrogens (primary N) is 1. The van der Waals surface area contributed by atoms with E-state index in [2.05, 4.69) is 4.72 Å². The zero-order valence-corrected chi connectivity index (χ0v) is 12.5. The van der Waals surface area contributed by atoms with Gasteiger partial charge in [-0.25, -0.2) is 8.42 Å². The fourth-order valence-electron chi connectivity index (χ4n) is 1.98. The first-order valence-corrected chi connectivity index (χ1v) is 7.99. The number of aryl methyl sites for hydroxylation is 1. The van der Waals surface area contributed by atoms with Gasteiger partial charge in [0, 0.05) is 18.0 Å². The first kappa shape index (κ1) is 15.3. The summed E-state index contributed by atoms with van der Waals surface area (Å²) < 4.78 is 27.3. The summed E-state index contributed by atoms with van der Waals surface area (Å²) in [4.78, 5) is 0.168. The molecule has 0 aromatic heterocycles. The molecule has 4 N–H and O–H groups in total. The van der Waals surface area contributed by atoms with Crippen molar-refractivity contribution >= 4 is 21.4 Å². The van der Waals surface area contributed by atoms with Gasteiger partial charge < -0.3 is 10.8 Å². The lowest BCUT2D eigenvalue weighted by Gasteiger charge is -2.11. The van der Waals surface area contributed by atoms with Gasteiger partial charge in [-0.15, -0.1) is 0 Å². The van der Waals surface area contributed by atoms with E-state index in [0.29, 0.717) is 23.4 Å². The fraction of sp³-hybridized carbons (Fsp3) is 0.200. The molecule has 0 bridgehead atoms. The molecule has 0 saturated heterocycles. The minimum Gasteiger partial charge on any atom is -0.399 e. The number of aliphatic hydroxyl groups excluding tert-OH is 1. The number of hydrogen-bond donors (Lipinski definition) is 3. The number of anilines is 2. The molecular formula is C15H18N2O3S.